The molecule has 1 aliphatic rings. The maximum Gasteiger partial charge on any atom is 0.127 e. The van der Waals surface area contributed by atoms with Gasteiger partial charge in [-0.15, -0.1) is 0 Å². The summed E-state index contributed by atoms with van der Waals surface area (Å²) in [6.45, 7) is 1.66. The number of hydrogen-bond donors (Lipinski definition) is 1. The summed E-state index contributed by atoms with van der Waals surface area (Å²) in [6, 6.07) is 7.56. The fourth-order valence-corrected chi connectivity index (χ4v) is 2.29. The molecule has 1 N–H and O–H groups in total. The van der Waals surface area contributed by atoms with Gasteiger partial charge in [-0.25, -0.2) is 4.39 Å². The van der Waals surface area contributed by atoms with Crippen LogP contribution in [0.25, 0.3) is 0 Å². The predicted octanol–water partition coefficient (Wildman–Crippen LogP) is 2.26. The Labute approximate surface area is 103 Å². The van der Waals surface area contributed by atoms with E-state index in [9.17, 15) is 4.39 Å². The Morgan fingerprint density at radius 3 is 2.71 bits per heavy atom. The summed E-state index contributed by atoms with van der Waals surface area (Å²) >= 11 is 0. The molecule has 1 aromatic carbocycles. The van der Waals surface area contributed by atoms with Gasteiger partial charge >= 0.3 is 0 Å². The van der Waals surface area contributed by atoms with Gasteiger partial charge in [-0.05, 0) is 38.9 Å². The van der Waals surface area contributed by atoms with E-state index in [2.05, 4.69) is 17.3 Å². The molecule has 3 heteroatoms. The lowest BCUT2D eigenvalue weighted by Crippen LogP contribution is -2.39. The molecular formula is C14H21FN2. The van der Waals surface area contributed by atoms with Crippen LogP contribution in [0.1, 0.15) is 18.4 Å². The predicted molar refractivity (Wildman–Crippen MR) is 68.3 cm³/mol. The number of rotatable bonds is 6. The van der Waals surface area contributed by atoms with Gasteiger partial charge in [0.25, 0.3) is 0 Å². The molecular weight excluding hydrogens is 215 g/mol. The Morgan fingerprint density at radius 1 is 1.41 bits per heavy atom. The molecule has 0 bridgehead atoms. The lowest BCUT2D eigenvalue weighted by atomic mass is 10.1. The van der Waals surface area contributed by atoms with E-state index >= 15 is 0 Å². The van der Waals surface area contributed by atoms with Crippen molar-refractivity contribution in [3.63, 3.8) is 0 Å². The molecule has 0 aromatic heterocycles. The van der Waals surface area contributed by atoms with Crippen molar-refractivity contribution in [2.45, 2.75) is 25.4 Å². The average molecular weight is 236 g/mol. The van der Waals surface area contributed by atoms with Crippen molar-refractivity contribution in [2.24, 2.45) is 5.92 Å². The summed E-state index contributed by atoms with van der Waals surface area (Å²) in [7, 11) is 4.07. The highest BCUT2D eigenvalue weighted by molar-refractivity contribution is 5.17. The maximum atomic E-state index is 13.5. The summed E-state index contributed by atoms with van der Waals surface area (Å²) in [5.74, 6) is 0.717. The van der Waals surface area contributed by atoms with Gasteiger partial charge in [0.2, 0.25) is 0 Å². The standard InChI is InChI=1S/C14H21FN2/c1-16-14(11-7-8-11)10-17(2)9-12-5-3-4-6-13(12)15/h3-6,11,14,16H,7-10H2,1-2H3. The van der Waals surface area contributed by atoms with Gasteiger partial charge in [0.05, 0.1) is 0 Å². The van der Waals surface area contributed by atoms with Gasteiger partial charge in [0.15, 0.2) is 0 Å². The van der Waals surface area contributed by atoms with Crippen LogP contribution < -0.4 is 5.32 Å². The van der Waals surface area contributed by atoms with Crippen LogP contribution in [0.15, 0.2) is 24.3 Å². The molecule has 0 radical (unpaired) electrons. The van der Waals surface area contributed by atoms with Crippen LogP contribution in [0.2, 0.25) is 0 Å². The highest BCUT2D eigenvalue weighted by Crippen LogP contribution is 2.32. The minimum atomic E-state index is -0.105. The maximum absolute atomic E-state index is 13.5. The monoisotopic (exact) mass is 236 g/mol. The minimum Gasteiger partial charge on any atom is -0.315 e. The zero-order valence-electron chi connectivity index (χ0n) is 10.6. The molecule has 0 spiro atoms. The van der Waals surface area contributed by atoms with Gasteiger partial charge in [0.1, 0.15) is 5.82 Å². The molecule has 1 unspecified atom stereocenters. The quantitative estimate of drug-likeness (QED) is 0.815. The first kappa shape index (κ1) is 12.5. The van der Waals surface area contributed by atoms with E-state index in [1.54, 1.807) is 6.07 Å². The number of hydrogen-bond acceptors (Lipinski definition) is 2. The van der Waals surface area contributed by atoms with E-state index in [-0.39, 0.29) is 5.82 Å². The third-order valence-corrected chi connectivity index (χ3v) is 3.47. The Kier molecular flexibility index (Phi) is 4.13. The number of nitrogens with one attached hydrogen (secondary N) is 1. The van der Waals surface area contributed by atoms with Crippen LogP contribution in [-0.2, 0) is 6.54 Å². The molecule has 1 atom stereocenters. The molecule has 0 aliphatic heterocycles. The van der Waals surface area contributed by atoms with Gasteiger partial charge in [-0.2, -0.15) is 0 Å². The molecule has 1 fully saturated rings. The Morgan fingerprint density at radius 2 is 2.12 bits per heavy atom. The van der Waals surface area contributed by atoms with E-state index in [0.717, 1.165) is 18.0 Å². The van der Waals surface area contributed by atoms with Crippen molar-refractivity contribution in [1.29, 1.82) is 0 Å². The van der Waals surface area contributed by atoms with Gasteiger partial charge in [0, 0.05) is 24.7 Å². The smallest absolute Gasteiger partial charge is 0.127 e. The number of benzene rings is 1. The lowest BCUT2D eigenvalue weighted by molar-refractivity contribution is 0.271. The van der Waals surface area contributed by atoms with Gasteiger partial charge in [-0.3, -0.25) is 0 Å². The van der Waals surface area contributed by atoms with Crippen molar-refractivity contribution in [3.05, 3.63) is 35.6 Å². The second kappa shape index (κ2) is 5.61. The normalized spacial score (nSPS) is 17.4. The fourth-order valence-electron chi connectivity index (χ4n) is 2.29. The van der Waals surface area contributed by atoms with Crippen LogP contribution in [-0.4, -0.2) is 31.6 Å². The first-order chi connectivity index (χ1) is 8.20. The summed E-state index contributed by atoms with van der Waals surface area (Å²) in [5, 5.41) is 3.36. The third-order valence-electron chi connectivity index (χ3n) is 3.47. The highest BCUT2D eigenvalue weighted by Gasteiger charge is 2.30. The molecule has 17 heavy (non-hydrogen) atoms. The largest absolute Gasteiger partial charge is 0.315 e. The van der Waals surface area contributed by atoms with Crippen LogP contribution in [0.4, 0.5) is 4.39 Å². The zero-order chi connectivity index (χ0) is 12.3. The van der Waals surface area contributed by atoms with Gasteiger partial charge in [-0.1, -0.05) is 18.2 Å². The van der Waals surface area contributed by atoms with Crippen molar-refractivity contribution in [2.75, 3.05) is 20.6 Å². The van der Waals surface area contributed by atoms with Crippen LogP contribution in [0, 0.1) is 11.7 Å². The highest BCUT2D eigenvalue weighted by atomic mass is 19.1. The molecule has 1 aliphatic carbocycles. The Hall–Kier alpha value is -0.930. The van der Waals surface area contributed by atoms with Crippen LogP contribution in [0.5, 0.6) is 0 Å². The molecule has 94 valence electrons. The number of halogens is 1. The van der Waals surface area contributed by atoms with Crippen LogP contribution >= 0.6 is 0 Å². The van der Waals surface area contributed by atoms with E-state index in [1.165, 1.54) is 18.9 Å². The third kappa shape index (κ3) is 3.51. The topological polar surface area (TPSA) is 15.3 Å². The molecule has 1 aromatic rings. The van der Waals surface area contributed by atoms with E-state index in [1.807, 2.05) is 19.2 Å². The summed E-state index contributed by atoms with van der Waals surface area (Å²) in [4.78, 5) is 2.19. The average Bonchev–Trinajstić information content (AvgIpc) is 3.13. The first-order valence-electron chi connectivity index (χ1n) is 6.30. The SMILES string of the molecule is CNC(CN(C)Cc1ccccc1F)C1CC1. The second-order valence-corrected chi connectivity index (χ2v) is 5.02. The molecule has 0 amide bonds. The Balaban J connectivity index is 1.88. The Bertz CT molecular complexity index is 363. The second-order valence-electron chi connectivity index (χ2n) is 5.02. The van der Waals surface area contributed by atoms with Crippen molar-refractivity contribution >= 4 is 0 Å². The van der Waals surface area contributed by atoms with Crippen LogP contribution in [0.3, 0.4) is 0 Å². The van der Waals surface area contributed by atoms with Crippen molar-refractivity contribution in [3.8, 4) is 0 Å². The van der Waals surface area contributed by atoms with E-state index in [4.69, 9.17) is 0 Å². The zero-order valence-corrected chi connectivity index (χ0v) is 10.6. The molecule has 0 heterocycles. The lowest BCUT2D eigenvalue weighted by Gasteiger charge is -2.23. The summed E-state index contributed by atoms with van der Waals surface area (Å²) < 4.78 is 13.5. The van der Waals surface area contributed by atoms with E-state index < -0.39 is 0 Å². The molecule has 2 rings (SSSR count). The molecule has 0 saturated heterocycles. The summed E-state index contributed by atoms with van der Waals surface area (Å²) in [6.07, 6.45) is 2.66. The van der Waals surface area contributed by atoms with Gasteiger partial charge < -0.3 is 10.2 Å². The number of nitrogens with zero attached hydrogens (tertiary/aromatic N) is 1. The fraction of sp³-hybridized carbons (Fsp3) is 0.571. The minimum absolute atomic E-state index is 0.105. The molecule has 2 nitrogen and oxygen atoms in total. The van der Waals surface area contributed by atoms with Crippen molar-refractivity contribution in [1.82, 2.24) is 10.2 Å². The van der Waals surface area contributed by atoms with Crippen molar-refractivity contribution < 1.29 is 4.39 Å². The van der Waals surface area contributed by atoms with E-state index in [0.29, 0.717) is 12.6 Å². The molecule has 1 saturated carbocycles. The first-order valence-corrected chi connectivity index (χ1v) is 6.30. The summed E-state index contributed by atoms with van der Waals surface area (Å²) in [5.41, 5.74) is 0.778. The number of likely N-dealkylation sites (N-methyl/N-ethyl adjacent to an activating group) is 2.